The zero-order valence-corrected chi connectivity index (χ0v) is 13.6. The van der Waals surface area contributed by atoms with Gasteiger partial charge in [0, 0.05) is 31.5 Å². The Balaban J connectivity index is 1.75. The number of alkyl carbamates (subject to hydrolysis) is 1. The van der Waals surface area contributed by atoms with Crippen molar-refractivity contribution in [3.8, 4) is 0 Å². The van der Waals surface area contributed by atoms with Crippen LogP contribution >= 0.6 is 0 Å². The van der Waals surface area contributed by atoms with Gasteiger partial charge in [0.05, 0.1) is 5.69 Å². The molecular weight excluding hydrogens is 280 g/mol. The number of nitrogens with zero attached hydrogens (tertiary/aromatic N) is 2. The van der Waals surface area contributed by atoms with Gasteiger partial charge in [-0.15, -0.1) is 0 Å². The van der Waals surface area contributed by atoms with Crippen LogP contribution in [0.25, 0.3) is 5.65 Å². The van der Waals surface area contributed by atoms with Gasteiger partial charge in [-0.3, -0.25) is 0 Å². The Bertz CT molecular complexity index is 597. The molecule has 0 aliphatic rings. The number of rotatable bonds is 5. The summed E-state index contributed by atoms with van der Waals surface area (Å²) in [7, 11) is 0. The number of ether oxygens (including phenoxy) is 1. The first-order valence-electron chi connectivity index (χ1n) is 7.46. The molecule has 0 saturated heterocycles. The van der Waals surface area contributed by atoms with Gasteiger partial charge in [-0.05, 0) is 39.8 Å². The van der Waals surface area contributed by atoms with Crippen molar-refractivity contribution in [1.29, 1.82) is 0 Å². The van der Waals surface area contributed by atoms with Crippen molar-refractivity contribution >= 4 is 11.7 Å². The number of carbonyl (C=O) groups excluding carboxylic acids is 1. The lowest BCUT2D eigenvalue weighted by Crippen LogP contribution is -2.41. The van der Waals surface area contributed by atoms with Crippen molar-refractivity contribution in [1.82, 2.24) is 20.0 Å². The second-order valence-corrected chi connectivity index (χ2v) is 6.36. The molecule has 22 heavy (non-hydrogen) atoms. The van der Waals surface area contributed by atoms with Crippen molar-refractivity contribution in [2.75, 3.05) is 6.54 Å². The number of hydrogen-bond donors (Lipinski definition) is 2. The molecule has 6 nitrogen and oxygen atoms in total. The van der Waals surface area contributed by atoms with E-state index in [1.54, 1.807) is 0 Å². The predicted octanol–water partition coefficient (Wildman–Crippen LogP) is 2.34. The van der Waals surface area contributed by atoms with Crippen molar-refractivity contribution in [3.63, 3.8) is 0 Å². The normalized spacial score (nSPS) is 13.1. The molecule has 0 aliphatic carbocycles. The van der Waals surface area contributed by atoms with E-state index in [9.17, 15) is 4.79 Å². The monoisotopic (exact) mass is 304 g/mol. The Kier molecular flexibility index (Phi) is 5.03. The molecular formula is C16H24N4O2. The fourth-order valence-corrected chi connectivity index (χ4v) is 1.97. The third kappa shape index (κ3) is 5.04. The van der Waals surface area contributed by atoms with E-state index in [-0.39, 0.29) is 6.04 Å². The molecule has 2 rings (SSSR count). The summed E-state index contributed by atoms with van der Waals surface area (Å²) in [5, 5.41) is 6.08. The van der Waals surface area contributed by atoms with Gasteiger partial charge in [-0.1, -0.05) is 6.07 Å². The summed E-state index contributed by atoms with van der Waals surface area (Å²) < 4.78 is 7.18. The average Bonchev–Trinajstić information content (AvgIpc) is 2.84. The third-order valence-electron chi connectivity index (χ3n) is 3.00. The summed E-state index contributed by atoms with van der Waals surface area (Å²) >= 11 is 0. The number of fused-ring (bicyclic) bond motifs is 1. The van der Waals surface area contributed by atoms with Crippen LogP contribution < -0.4 is 10.6 Å². The number of nitrogens with one attached hydrogen (secondary N) is 2. The maximum atomic E-state index is 11.6. The summed E-state index contributed by atoms with van der Waals surface area (Å²) in [6.45, 7) is 8.70. The zero-order chi connectivity index (χ0) is 16.2. The maximum absolute atomic E-state index is 11.6. The van der Waals surface area contributed by atoms with Crippen LogP contribution in [0.3, 0.4) is 0 Å². The van der Waals surface area contributed by atoms with E-state index in [4.69, 9.17) is 4.74 Å². The van der Waals surface area contributed by atoms with Crippen molar-refractivity contribution in [2.45, 2.75) is 45.9 Å². The van der Waals surface area contributed by atoms with Gasteiger partial charge in [-0.2, -0.15) is 0 Å². The molecule has 1 amide bonds. The Hall–Kier alpha value is -2.08. The number of imidazole rings is 1. The third-order valence-corrected chi connectivity index (χ3v) is 3.00. The standard InChI is InChI=1S/C16H24N4O2/c1-12(9-18-15(21)22-16(2,3)4)17-10-13-11-20-8-6-5-7-14(20)19-13/h5-8,11-12,17H,9-10H2,1-4H3,(H,18,21). The summed E-state index contributed by atoms with van der Waals surface area (Å²) in [4.78, 5) is 16.1. The number of amides is 1. The van der Waals surface area contributed by atoms with E-state index >= 15 is 0 Å². The zero-order valence-electron chi connectivity index (χ0n) is 13.6. The van der Waals surface area contributed by atoms with E-state index in [1.165, 1.54) is 0 Å². The summed E-state index contributed by atoms with van der Waals surface area (Å²) in [6.07, 6.45) is 3.57. The molecule has 0 spiro atoms. The van der Waals surface area contributed by atoms with Crippen molar-refractivity contribution in [3.05, 3.63) is 36.3 Å². The molecule has 1 atom stereocenters. The quantitative estimate of drug-likeness (QED) is 0.889. The molecule has 2 heterocycles. The van der Waals surface area contributed by atoms with Gasteiger partial charge >= 0.3 is 6.09 Å². The summed E-state index contributed by atoms with van der Waals surface area (Å²) in [6, 6.07) is 6.03. The van der Waals surface area contributed by atoms with Crippen LogP contribution in [0.4, 0.5) is 4.79 Å². The van der Waals surface area contributed by atoms with Crippen LogP contribution in [0.5, 0.6) is 0 Å². The van der Waals surface area contributed by atoms with Crippen LogP contribution in [0, 0.1) is 0 Å². The lowest BCUT2D eigenvalue weighted by molar-refractivity contribution is 0.0523. The minimum Gasteiger partial charge on any atom is -0.444 e. The smallest absolute Gasteiger partial charge is 0.407 e. The lowest BCUT2D eigenvalue weighted by atomic mass is 10.2. The predicted molar refractivity (Wildman–Crippen MR) is 85.7 cm³/mol. The summed E-state index contributed by atoms with van der Waals surface area (Å²) in [5.41, 5.74) is 1.42. The first kappa shape index (κ1) is 16.3. The van der Waals surface area contributed by atoms with Crippen LogP contribution in [0.2, 0.25) is 0 Å². The molecule has 2 N–H and O–H groups in total. The molecule has 120 valence electrons. The Labute approximate surface area is 130 Å². The number of aromatic nitrogens is 2. The maximum Gasteiger partial charge on any atom is 0.407 e. The molecule has 1 unspecified atom stereocenters. The van der Waals surface area contributed by atoms with E-state index < -0.39 is 11.7 Å². The van der Waals surface area contributed by atoms with Crippen LogP contribution in [0.15, 0.2) is 30.6 Å². The van der Waals surface area contributed by atoms with Gasteiger partial charge in [0.2, 0.25) is 0 Å². The van der Waals surface area contributed by atoms with Gasteiger partial charge in [0.15, 0.2) is 0 Å². The topological polar surface area (TPSA) is 67.7 Å². The highest BCUT2D eigenvalue weighted by molar-refractivity contribution is 5.67. The van der Waals surface area contributed by atoms with Crippen molar-refractivity contribution < 1.29 is 9.53 Å². The van der Waals surface area contributed by atoms with Gasteiger partial charge in [-0.25, -0.2) is 9.78 Å². The highest BCUT2D eigenvalue weighted by Crippen LogP contribution is 2.06. The fraction of sp³-hybridized carbons (Fsp3) is 0.500. The van der Waals surface area contributed by atoms with Gasteiger partial charge in [0.1, 0.15) is 11.2 Å². The number of carbonyl (C=O) groups is 1. The van der Waals surface area contributed by atoms with Crippen LogP contribution in [0.1, 0.15) is 33.4 Å². The van der Waals surface area contributed by atoms with Crippen LogP contribution in [-0.2, 0) is 11.3 Å². The Morgan fingerprint density at radius 1 is 1.41 bits per heavy atom. The van der Waals surface area contributed by atoms with Gasteiger partial charge < -0.3 is 19.8 Å². The molecule has 2 aromatic heterocycles. The van der Waals surface area contributed by atoms with Gasteiger partial charge in [0.25, 0.3) is 0 Å². The summed E-state index contributed by atoms with van der Waals surface area (Å²) in [5.74, 6) is 0. The highest BCUT2D eigenvalue weighted by atomic mass is 16.6. The van der Waals surface area contributed by atoms with E-state index in [0.717, 1.165) is 11.3 Å². The molecule has 0 bridgehead atoms. The van der Waals surface area contributed by atoms with Crippen LogP contribution in [-0.4, -0.2) is 33.7 Å². The molecule has 6 heteroatoms. The molecule has 0 saturated carbocycles. The van der Waals surface area contributed by atoms with E-state index in [1.807, 2.05) is 62.7 Å². The first-order valence-corrected chi connectivity index (χ1v) is 7.46. The average molecular weight is 304 g/mol. The minimum atomic E-state index is -0.475. The number of pyridine rings is 1. The second-order valence-electron chi connectivity index (χ2n) is 6.36. The Morgan fingerprint density at radius 2 is 2.18 bits per heavy atom. The van der Waals surface area contributed by atoms with E-state index in [2.05, 4.69) is 15.6 Å². The Morgan fingerprint density at radius 3 is 2.86 bits per heavy atom. The minimum absolute atomic E-state index is 0.123. The molecule has 0 aromatic carbocycles. The molecule has 0 aliphatic heterocycles. The second kappa shape index (κ2) is 6.79. The first-order chi connectivity index (χ1) is 10.3. The molecule has 0 fully saturated rings. The fourth-order valence-electron chi connectivity index (χ4n) is 1.97. The SMILES string of the molecule is CC(CNC(=O)OC(C)(C)C)NCc1cn2ccccc2n1. The van der Waals surface area contributed by atoms with Crippen molar-refractivity contribution in [2.24, 2.45) is 0 Å². The number of hydrogen-bond acceptors (Lipinski definition) is 4. The lowest BCUT2D eigenvalue weighted by Gasteiger charge is -2.21. The molecule has 2 aromatic rings. The highest BCUT2D eigenvalue weighted by Gasteiger charge is 2.16. The van der Waals surface area contributed by atoms with E-state index in [0.29, 0.717) is 13.1 Å². The molecule has 0 radical (unpaired) electrons. The largest absolute Gasteiger partial charge is 0.444 e.